The summed E-state index contributed by atoms with van der Waals surface area (Å²) in [5.74, 6) is -1.96. The van der Waals surface area contributed by atoms with Crippen LogP contribution in [0.1, 0.15) is 74.7 Å². The number of hydrogen-bond donors (Lipinski definition) is 4. The highest BCUT2D eigenvalue weighted by Gasteiger charge is 2.32. The number of carboxylic acid groups (broad SMARTS) is 1. The summed E-state index contributed by atoms with van der Waals surface area (Å²) in [4.78, 5) is 49.1. The molecule has 0 unspecified atom stereocenters. The molecule has 3 amide bonds. The van der Waals surface area contributed by atoms with E-state index >= 15 is 0 Å². The first kappa shape index (κ1) is 32.7. The Bertz CT molecular complexity index is 775. The molecule has 0 aliphatic carbocycles. The lowest BCUT2D eigenvalue weighted by Gasteiger charge is -2.27. The van der Waals surface area contributed by atoms with E-state index in [1.165, 1.54) is 29.8 Å². The minimum atomic E-state index is -1.11. The number of hydrogen-bond acceptors (Lipinski definition) is 5. The van der Waals surface area contributed by atoms with E-state index < -0.39 is 35.9 Å². The topological polar surface area (TPSA) is 125 Å². The van der Waals surface area contributed by atoms with Crippen LogP contribution >= 0.6 is 11.8 Å². The van der Waals surface area contributed by atoms with E-state index in [9.17, 15) is 24.3 Å². The van der Waals surface area contributed by atoms with Gasteiger partial charge in [-0.3, -0.25) is 14.4 Å². The second-order valence-corrected chi connectivity index (χ2v) is 10.7. The third kappa shape index (κ3) is 14.0. The summed E-state index contributed by atoms with van der Waals surface area (Å²) in [5, 5.41) is 17.4. The molecule has 35 heavy (non-hydrogen) atoms. The van der Waals surface area contributed by atoms with E-state index in [4.69, 9.17) is 0 Å². The molecule has 8 nitrogen and oxygen atoms in total. The third-order valence-electron chi connectivity index (χ3n) is 5.64. The molecule has 0 heterocycles. The van der Waals surface area contributed by atoms with E-state index in [1.807, 2.05) is 6.92 Å². The number of allylic oxidation sites excluding steroid dienone is 3. The molecule has 0 fully saturated rings. The van der Waals surface area contributed by atoms with Gasteiger partial charge in [0.25, 0.3) is 0 Å². The smallest absolute Gasteiger partial charge is 0.326 e. The Morgan fingerprint density at radius 3 is 1.97 bits per heavy atom. The van der Waals surface area contributed by atoms with Crippen molar-refractivity contribution in [1.29, 1.82) is 0 Å². The molecular formula is C26H45N3O5S. The van der Waals surface area contributed by atoms with Crippen LogP contribution in [0.3, 0.4) is 0 Å². The van der Waals surface area contributed by atoms with Gasteiger partial charge in [0.05, 0.1) is 0 Å². The Balaban J connectivity index is 5.17. The summed E-state index contributed by atoms with van der Waals surface area (Å²) in [7, 11) is 0. The van der Waals surface area contributed by atoms with Gasteiger partial charge in [-0.1, -0.05) is 57.4 Å². The zero-order valence-corrected chi connectivity index (χ0v) is 23.4. The molecule has 0 aromatic rings. The van der Waals surface area contributed by atoms with Gasteiger partial charge in [-0.2, -0.15) is 11.8 Å². The number of amides is 3. The number of aliphatic carboxylic acids is 1. The zero-order chi connectivity index (χ0) is 27.1. The lowest BCUT2D eigenvalue weighted by molar-refractivity contribution is -0.144. The van der Waals surface area contributed by atoms with Crippen molar-refractivity contribution < 1.29 is 24.3 Å². The highest BCUT2D eigenvalue weighted by Crippen LogP contribution is 2.12. The summed E-state index contributed by atoms with van der Waals surface area (Å²) in [6.07, 6.45) is 6.87. The molecule has 0 rings (SSSR count). The fourth-order valence-corrected chi connectivity index (χ4v) is 4.23. The number of rotatable bonds is 16. The quantitative estimate of drug-likeness (QED) is 0.185. The molecule has 0 aromatic heterocycles. The average molecular weight is 512 g/mol. The van der Waals surface area contributed by atoms with Crippen LogP contribution < -0.4 is 16.0 Å². The Morgan fingerprint density at radius 2 is 1.49 bits per heavy atom. The van der Waals surface area contributed by atoms with Crippen molar-refractivity contribution in [2.24, 2.45) is 11.8 Å². The summed E-state index contributed by atoms with van der Waals surface area (Å²) in [5.41, 5.74) is 2.56. The molecule has 4 N–H and O–H groups in total. The number of carbonyl (C=O) groups excluding carboxylic acids is 3. The third-order valence-corrected chi connectivity index (χ3v) is 6.61. The first-order valence-corrected chi connectivity index (χ1v) is 13.4. The Labute approximate surface area is 215 Å². The first-order valence-electron chi connectivity index (χ1n) is 12.3. The van der Waals surface area contributed by atoms with E-state index in [1.54, 1.807) is 20.8 Å². The van der Waals surface area contributed by atoms with E-state index in [2.05, 4.69) is 48.9 Å². The average Bonchev–Trinajstić information content (AvgIpc) is 2.75. The Kier molecular flexibility index (Phi) is 16.1. The summed E-state index contributed by atoms with van der Waals surface area (Å²) >= 11 is 1.52. The summed E-state index contributed by atoms with van der Waals surface area (Å²) in [6, 6.07) is -2.78. The van der Waals surface area contributed by atoms with Gasteiger partial charge in [0.2, 0.25) is 17.7 Å². The van der Waals surface area contributed by atoms with Crippen LogP contribution in [-0.2, 0) is 19.2 Å². The Hall–Kier alpha value is -2.29. The van der Waals surface area contributed by atoms with Crippen LogP contribution in [0.15, 0.2) is 23.3 Å². The predicted molar refractivity (Wildman–Crippen MR) is 143 cm³/mol. The highest BCUT2D eigenvalue weighted by molar-refractivity contribution is 7.99. The molecular weight excluding hydrogens is 466 g/mol. The van der Waals surface area contributed by atoms with Crippen LogP contribution in [0.5, 0.6) is 0 Å². The summed E-state index contributed by atoms with van der Waals surface area (Å²) < 4.78 is 0. The molecule has 0 spiro atoms. The fraction of sp³-hybridized carbons (Fsp3) is 0.692. The van der Waals surface area contributed by atoms with E-state index in [0.29, 0.717) is 17.9 Å². The number of carboxylic acids is 1. The molecule has 0 bridgehead atoms. The maximum atomic E-state index is 13.0. The van der Waals surface area contributed by atoms with E-state index in [-0.39, 0.29) is 17.7 Å². The van der Waals surface area contributed by atoms with Crippen LogP contribution in [0.2, 0.25) is 0 Å². The van der Waals surface area contributed by atoms with Gasteiger partial charge in [-0.25, -0.2) is 4.79 Å². The number of carbonyl (C=O) groups is 4. The van der Waals surface area contributed by atoms with E-state index in [0.717, 1.165) is 12.8 Å². The lowest BCUT2D eigenvalue weighted by atomic mass is 9.97. The molecule has 9 heteroatoms. The fourth-order valence-electron chi connectivity index (χ4n) is 3.22. The molecule has 0 saturated heterocycles. The van der Waals surface area contributed by atoms with Crippen molar-refractivity contribution in [3.63, 3.8) is 0 Å². The van der Waals surface area contributed by atoms with Crippen LogP contribution in [0.4, 0.5) is 0 Å². The molecule has 0 aliphatic rings. The lowest BCUT2D eigenvalue weighted by Crippen LogP contribution is -2.58. The van der Waals surface area contributed by atoms with Crippen molar-refractivity contribution in [3.8, 4) is 0 Å². The maximum absolute atomic E-state index is 13.0. The van der Waals surface area contributed by atoms with Crippen molar-refractivity contribution >= 4 is 35.5 Å². The van der Waals surface area contributed by atoms with Crippen LogP contribution in [0.25, 0.3) is 0 Å². The standard InChI is InChI=1S/C26H45N3O5S/c1-9-19(7)23(26(33)34)29-25(32)22(17(4)5)28-24(31)21(27-20(8)30)15-35-14-13-18(6)12-10-11-16(2)3/h11,13,17,19,21-23H,9-10,12,14-15H2,1-8H3,(H,27,30)(H,28,31)(H,29,32)(H,33,34)/b18-13+/t19-,21+,22-,23-/m0/s1. The molecule has 0 radical (unpaired) electrons. The summed E-state index contributed by atoms with van der Waals surface area (Å²) in [6.45, 7) is 14.7. The van der Waals surface area contributed by atoms with Crippen molar-refractivity contribution in [2.45, 2.75) is 92.8 Å². The Morgan fingerprint density at radius 1 is 0.886 bits per heavy atom. The van der Waals surface area contributed by atoms with Gasteiger partial charge >= 0.3 is 5.97 Å². The van der Waals surface area contributed by atoms with Crippen LogP contribution in [0, 0.1) is 11.8 Å². The number of nitrogens with one attached hydrogen (secondary N) is 3. The second kappa shape index (κ2) is 17.2. The van der Waals surface area contributed by atoms with Crippen molar-refractivity contribution in [3.05, 3.63) is 23.3 Å². The molecule has 4 atom stereocenters. The van der Waals surface area contributed by atoms with Gasteiger partial charge in [-0.15, -0.1) is 0 Å². The van der Waals surface area contributed by atoms with Crippen molar-refractivity contribution in [2.75, 3.05) is 11.5 Å². The normalized spacial score (nSPS) is 14.9. The monoisotopic (exact) mass is 511 g/mol. The minimum Gasteiger partial charge on any atom is -0.480 e. The minimum absolute atomic E-state index is 0.262. The largest absolute Gasteiger partial charge is 0.480 e. The number of thioether (sulfide) groups is 1. The first-order chi connectivity index (χ1) is 16.3. The SMILES string of the molecule is CC[C@H](C)[C@H](NC(=O)[C@@H](NC(=O)[C@@H](CSC/C=C(\C)CCC=C(C)C)NC(C)=O)C(C)C)C(=O)O. The maximum Gasteiger partial charge on any atom is 0.326 e. The van der Waals surface area contributed by atoms with Gasteiger partial charge < -0.3 is 21.1 Å². The molecule has 0 saturated carbocycles. The van der Waals surface area contributed by atoms with Crippen LogP contribution in [-0.4, -0.2) is 58.4 Å². The zero-order valence-electron chi connectivity index (χ0n) is 22.6. The van der Waals surface area contributed by atoms with Gasteiger partial charge in [0.15, 0.2) is 0 Å². The molecule has 0 aliphatic heterocycles. The highest BCUT2D eigenvalue weighted by atomic mass is 32.2. The predicted octanol–water partition coefficient (Wildman–Crippen LogP) is 3.67. The van der Waals surface area contributed by atoms with Gasteiger partial charge in [-0.05, 0) is 45.4 Å². The van der Waals surface area contributed by atoms with Gasteiger partial charge in [0, 0.05) is 18.4 Å². The second-order valence-electron chi connectivity index (χ2n) is 9.60. The molecule has 200 valence electrons. The van der Waals surface area contributed by atoms with Crippen molar-refractivity contribution in [1.82, 2.24) is 16.0 Å². The van der Waals surface area contributed by atoms with Gasteiger partial charge in [0.1, 0.15) is 18.1 Å². The molecule has 0 aromatic carbocycles.